The summed E-state index contributed by atoms with van der Waals surface area (Å²) in [5.74, 6) is 1.22. The topological polar surface area (TPSA) is 62.6 Å². The highest BCUT2D eigenvalue weighted by molar-refractivity contribution is 7.89. The Morgan fingerprint density at radius 2 is 2.00 bits per heavy atom. The Kier molecular flexibility index (Phi) is 3.88. The van der Waals surface area contributed by atoms with Crippen LogP contribution < -0.4 is 5.32 Å². The van der Waals surface area contributed by atoms with E-state index in [1.54, 1.807) is 17.3 Å². The monoisotopic (exact) mass is 298 g/mol. The molecule has 0 aromatic carbocycles. The zero-order chi connectivity index (χ0) is 14.2. The van der Waals surface area contributed by atoms with E-state index in [-0.39, 0.29) is 0 Å². The van der Waals surface area contributed by atoms with Crippen LogP contribution in [0.25, 0.3) is 0 Å². The van der Waals surface area contributed by atoms with E-state index in [1.807, 2.05) is 0 Å². The van der Waals surface area contributed by atoms with Gasteiger partial charge in [-0.05, 0) is 32.6 Å². The first-order valence-corrected chi connectivity index (χ1v) is 8.84. The van der Waals surface area contributed by atoms with Crippen LogP contribution in [0.15, 0.2) is 15.4 Å². The van der Waals surface area contributed by atoms with Crippen molar-refractivity contribution in [2.24, 2.45) is 0 Å². The van der Waals surface area contributed by atoms with Gasteiger partial charge in [0.25, 0.3) is 0 Å². The van der Waals surface area contributed by atoms with Gasteiger partial charge in [-0.3, -0.25) is 0 Å². The van der Waals surface area contributed by atoms with Crippen molar-refractivity contribution in [2.75, 3.05) is 13.1 Å². The molecule has 20 heavy (non-hydrogen) atoms. The summed E-state index contributed by atoms with van der Waals surface area (Å²) < 4.78 is 32.4. The Morgan fingerprint density at radius 3 is 2.65 bits per heavy atom. The fourth-order valence-electron chi connectivity index (χ4n) is 2.64. The minimum Gasteiger partial charge on any atom is -0.464 e. The maximum absolute atomic E-state index is 12.6. The first-order valence-electron chi connectivity index (χ1n) is 7.40. The molecule has 1 aliphatic heterocycles. The standard InChI is InChI=1S/C14H22N2O3S/c1-11-14(9-13(19-11)10-15-12-5-6-12)20(17,18)16-7-3-2-4-8-16/h9,12,15H,2-8,10H2,1H3. The van der Waals surface area contributed by atoms with E-state index in [0.717, 1.165) is 19.3 Å². The van der Waals surface area contributed by atoms with Crippen molar-refractivity contribution in [3.63, 3.8) is 0 Å². The van der Waals surface area contributed by atoms with Crippen molar-refractivity contribution < 1.29 is 12.8 Å². The molecular weight excluding hydrogens is 276 g/mol. The molecule has 3 rings (SSSR count). The Hall–Kier alpha value is -0.850. The maximum atomic E-state index is 12.6. The highest BCUT2D eigenvalue weighted by atomic mass is 32.2. The molecule has 2 heterocycles. The van der Waals surface area contributed by atoms with Crippen molar-refractivity contribution in [3.8, 4) is 0 Å². The molecular formula is C14H22N2O3S. The van der Waals surface area contributed by atoms with Gasteiger partial charge >= 0.3 is 0 Å². The van der Waals surface area contributed by atoms with Crippen LogP contribution in [0.1, 0.15) is 43.6 Å². The second kappa shape index (κ2) is 5.50. The van der Waals surface area contributed by atoms with Crippen LogP contribution in [0.3, 0.4) is 0 Å². The number of hydrogen-bond acceptors (Lipinski definition) is 4. The highest BCUT2D eigenvalue weighted by Crippen LogP contribution is 2.26. The molecule has 0 unspecified atom stereocenters. The highest BCUT2D eigenvalue weighted by Gasteiger charge is 2.30. The Bertz CT molecular complexity index is 569. The minimum absolute atomic E-state index is 0.340. The van der Waals surface area contributed by atoms with Gasteiger partial charge in [0, 0.05) is 25.2 Å². The predicted molar refractivity (Wildman–Crippen MR) is 75.9 cm³/mol. The molecule has 2 fully saturated rings. The van der Waals surface area contributed by atoms with Gasteiger partial charge in [-0.15, -0.1) is 0 Å². The lowest BCUT2D eigenvalue weighted by Gasteiger charge is -2.25. The predicted octanol–water partition coefficient (Wildman–Crippen LogP) is 2.01. The third-order valence-corrected chi connectivity index (χ3v) is 6.00. The number of aryl methyl sites for hydroxylation is 1. The zero-order valence-electron chi connectivity index (χ0n) is 11.9. The molecule has 1 aliphatic carbocycles. The molecule has 5 nitrogen and oxygen atoms in total. The quantitative estimate of drug-likeness (QED) is 0.903. The van der Waals surface area contributed by atoms with Crippen LogP contribution in [0, 0.1) is 6.92 Å². The van der Waals surface area contributed by atoms with Crippen LogP contribution in [0.5, 0.6) is 0 Å². The van der Waals surface area contributed by atoms with E-state index in [2.05, 4.69) is 5.32 Å². The van der Waals surface area contributed by atoms with Crippen molar-refractivity contribution in [1.82, 2.24) is 9.62 Å². The Balaban J connectivity index is 1.77. The van der Waals surface area contributed by atoms with Gasteiger partial charge in [0.2, 0.25) is 10.0 Å². The maximum Gasteiger partial charge on any atom is 0.246 e. The SMILES string of the molecule is Cc1oc(CNC2CC2)cc1S(=O)(=O)N1CCCCC1. The number of furan rings is 1. The fourth-order valence-corrected chi connectivity index (χ4v) is 4.35. The summed E-state index contributed by atoms with van der Waals surface area (Å²) in [4.78, 5) is 0.340. The molecule has 2 aliphatic rings. The second-order valence-electron chi connectivity index (χ2n) is 5.75. The summed E-state index contributed by atoms with van der Waals surface area (Å²) in [6.45, 7) is 3.60. The zero-order valence-corrected chi connectivity index (χ0v) is 12.7. The van der Waals surface area contributed by atoms with E-state index in [9.17, 15) is 8.42 Å². The third kappa shape index (κ3) is 2.92. The van der Waals surface area contributed by atoms with Gasteiger partial charge in [0.15, 0.2) is 0 Å². The lowest BCUT2D eigenvalue weighted by Crippen LogP contribution is -2.35. The molecule has 1 aromatic heterocycles. The Morgan fingerprint density at radius 1 is 1.30 bits per heavy atom. The van der Waals surface area contributed by atoms with Crippen LogP contribution in [0.4, 0.5) is 0 Å². The first-order chi connectivity index (χ1) is 9.57. The summed E-state index contributed by atoms with van der Waals surface area (Å²) in [6, 6.07) is 2.27. The van der Waals surface area contributed by atoms with E-state index in [4.69, 9.17) is 4.42 Å². The second-order valence-corrected chi connectivity index (χ2v) is 7.66. The number of nitrogens with one attached hydrogen (secondary N) is 1. The van der Waals surface area contributed by atoms with E-state index in [0.29, 0.717) is 42.1 Å². The van der Waals surface area contributed by atoms with E-state index < -0.39 is 10.0 Å². The molecule has 1 saturated heterocycles. The van der Waals surface area contributed by atoms with Crippen molar-refractivity contribution in [2.45, 2.75) is 56.5 Å². The smallest absolute Gasteiger partial charge is 0.246 e. The van der Waals surface area contributed by atoms with Crippen molar-refractivity contribution in [3.05, 3.63) is 17.6 Å². The van der Waals surface area contributed by atoms with Crippen molar-refractivity contribution in [1.29, 1.82) is 0 Å². The van der Waals surface area contributed by atoms with Crippen molar-refractivity contribution >= 4 is 10.0 Å². The summed E-state index contributed by atoms with van der Waals surface area (Å²) >= 11 is 0. The van der Waals surface area contributed by atoms with Crippen LogP contribution in [0.2, 0.25) is 0 Å². The van der Waals surface area contributed by atoms with E-state index in [1.165, 1.54) is 12.8 Å². The Labute approximate surface area is 120 Å². The van der Waals surface area contributed by atoms with Gasteiger partial charge < -0.3 is 9.73 Å². The molecule has 0 amide bonds. The average Bonchev–Trinajstić information content (AvgIpc) is 3.20. The van der Waals surface area contributed by atoms with Gasteiger partial charge in [-0.2, -0.15) is 4.31 Å². The third-order valence-electron chi connectivity index (χ3n) is 4.00. The molecule has 112 valence electrons. The van der Waals surface area contributed by atoms with Gasteiger partial charge in [0.05, 0.1) is 6.54 Å². The van der Waals surface area contributed by atoms with Crippen LogP contribution in [-0.2, 0) is 16.6 Å². The fraction of sp³-hybridized carbons (Fsp3) is 0.714. The number of sulfonamides is 1. The molecule has 0 spiro atoms. The largest absolute Gasteiger partial charge is 0.464 e. The number of rotatable bonds is 5. The van der Waals surface area contributed by atoms with Crippen LogP contribution in [-0.4, -0.2) is 31.9 Å². The molecule has 1 saturated carbocycles. The van der Waals surface area contributed by atoms with Crippen LogP contribution >= 0.6 is 0 Å². The summed E-state index contributed by atoms with van der Waals surface area (Å²) in [6.07, 6.45) is 5.43. The van der Waals surface area contributed by atoms with E-state index >= 15 is 0 Å². The molecule has 0 bridgehead atoms. The number of nitrogens with zero attached hydrogens (tertiary/aromatic N) is 1. The average molecular weight is 298 g/mol. The molecule has 1 aromatic rings. The number of piperidine rings is 1. The lowest BCUT2D eigenvalue weighted by atomic mass is 10.2. The van der Waals surface area contributed by atoms with Gasteiger partial charge in [0.1, 0.15) is 16.4 Å². The normalized spacial score (nSPS) is 21.2. The molecule has 1 N–H and O–H groups in total. The summed E-state index contributed by atoms with van der Waals surface area (Å²) in [5, 5.41) is 3.34. The lowest BCUT2D eigenvalue weighted by molar-refractivity contribution is 0.346. The molecule has 0 radical (unpaired) electrons. The number of hydrogen-bond donors (Lipinski definition) is 1. The first kappa shape index (κ1) is 14.1. The van der Waals surface area contributed by atoms with Gasteiger partial charge in [-0.25, -0.2) is 8.42 Å². The molecule has 6 heteroatoms. The summed E-state index contributed by atoms with van der Waals surface area (Å²) in [7, 11) is -3.38. The summed E-state index contributed by atoms with van der Waals surface area (Å²) in [5.41, 5.74) is 0. The molecule has 0 atom stereocenters. The minimum atomic E-state index is -3.38. The van der Waals surface area contributed by atoms with Gasteiger partial charge in [-0.1, -0.05) is 6.42 Å².